The SMILES string of the molecule is O=C(NCc1ccccc1)N1CCN(c2nc3ccc(F)cc3s2)CC1. The molecule has 134 valence electrons. The van der Waals surface area contributed by atoms with E-state index in [0.29, 0.717) is 19.6 Å². The van der Waals surface area contributed by atoms with Gasteiger partial charge in [-0.3, -0.25) is 0 Å². The molecule has 1 aliphatic heterocycles. The summed E-state index contributed by atoms with van der Waals surface area (Å²) >= 11 is 1.49. The largest absolute Gasteiger partial charge is 0.345 e. The Hall–Kier alpha value is -2.67. The molecule has 1 aromatic heterocycles. The van der Waals surface area contributed by atoms with Gasteiger partial charge < -0.3 is 15.1 Å². The van der Waals surface area contributed by atoms with Gasteiger partial charge in [0.2, 0.25) is 0 Å². The van der Waals surface area contributed by atoms with E-state index in [9.17, 15) is 9.18 Å². The minimum absolute atomic E-state index is 0.0418. The number of aromatic nitrogens is 1. The number of carbonyl (C=O) groups is 1. The monoisotopic (exact) mass is 370 g/mol. The summed E-state index contributed by atoms with van der Waals surface area (Å²) in [5.74, 6) is -0.243. The van der Waals surface area contributed by atoms with Crippen LogP contribution in [0.3, 0.4) is 0 Å². The van der Waals surface area contributed by atoms with E-state index in [1.165, 1.54) is 23.5 Å². The zero-order chi connectivity index (χ0) is 17.9. The van der Waals surface area contributed by atoms with Crippen LogP contribution in [0, 0.1) is 5.82 Å². The molecule has 2 aromatic carbocycles. The Morgan fingerprint density at radius 2 is 1.88 bits per heavy atom. The number of nitrogens with zero attached hydrogens (tertiary/aromatic N) is 3. The van der Waals surface area contributed by atoms with E-state index < -0.39 is 0 Å². The van der Waals surface area contributed by atoms with Gasteiger partial charge in [0.15, 0.2) is 5.13 Å². The number of thiazole rings is 1. The molecule has 0 aliphatic carbocycles. The van der Waals surface area contributed by atoms with E-state index in [2.05, 4.69) is 15.2 Å². The summed E-state index contributed by atoms with van der Waals surface area (Å²) in [4.78, 5) is 20.9. The Labute approximate surface area is 155 Å². The highest BCUT2D eigenvalue weighted by Crippen LogP contribution is 2.29. The molecular formula is C19H19FN4OS. The van der Waals surface area contributed by atoms with Crippen LogP contribution in [0.1, 0.15) is 5.56 Å². The Bertz CT molecular complexity index is 906. The molecule has 0 spiro atoms. The number of halogens is 1. The van der Waals surface area contributed by atoms with Crippen molar-refractivity contribution in [3.63, 3.8) is 0 Å². The molecule has 0 saturated carbocycles. The number of carbonyl (C=O) groups excluding carboxylic acids is 1. The summed E-state index contributed by atoms with van der Waals surface area (Å²) in [5, 5.41) is 3.85. The van der Waals surface area contributed by atoms with Crippen LogP contribution in [0.5, 0.6) is 0 Å². The van der Waals surface area contributed by atoms with Crippen molar-refractivity contribution in [2.75, 3.05) is 31.1 Å². The molecule has 1 saturated heterocycles. The second kappa shape index (κ2) is 7.29. The van der Waals surface area contributed by atoms with Gasteiger partial charge >= 0.3 is 6.03 Å². The molecule has 7 heteroatoms. The fraction of sp³-hybridized carbons (Fsp3) is 0.263. The van der Waals surface area contributed by atoms with Crippen LogP contribution in [0.25, 0.3) is 10.2 Å². The number of fused-ring (bicyclic) bond motifs is 1. The van der Waals surface area contributed by atoms with Crippen molar-refractivity contribution >= 4 is 32.7 Å². The minimum atomic E-state index is -0.243. The molecule has 1 aliphatic rings. The lowest BCUT2D eigenvalue weighted by molar-refractivity contribution is 0.194. The highest BCUT2D eigenvalue weighted by molar-refractivity contribution is 7.22. The Morgan fingerprint density at radius 1 is 1.12 bits per heavy atom. The number of urea groups is 1. The summed E-state index contributed by atoms with van der Waals surface area (Å²) in [6.45, 7) is 3.27. The highest BCUT2D eigenvalue weighted by atomic mass is 32.1. The lowest BCUT2D eigenvalue weighted by Crippen LogP contribution is -2.51. The lowest BCUT2D eigenvalue weighted by atomic mass is 10.2. The molecule has 0 bridgehead atoms. The maximum absolute atomic E-state index is 13.3. The van der Waals surface area contributed by atoms with Crippen molar-refractivity contribution in [1.29, 1.82) is 0 Å². The first-order valence-electron chi connectivity index (χ1n) is 8.57. The molecule has 1 fully saturated rings. The summed E-state index contributed by atoms with van der Waals surface area (Å²) < 4.78 is 14.2. The van der Waals surface area contributed by atoms with Gasteiger partial charge in [0, 0.05) is 32.7 Å². The number of amides is 2. The molecule has 4 rings (SSSR count). The van der Waals surface area contributed by atoms with Gasteiger partial charge in [-0.05, 0) is 23.8 Å². The average Bonchev–Trinajstić information content (AvgIpc) is 3.10. The average molecular weight is 370 g/mol. The quantitative estimate of drug-likeness (QED) is 0.768. The van der Waals surface area contributed by atoms with Gasteiger partial charge in [-0.15, -0.1) is 0 Å². The smallest absolute Gasteiger partial charge is 0.317 e. The zero-order valence-electron chi connectivity index (χ0n) is 14.2. The van der Waals surface area contributed by atoms with Crippen molar-refractivity contribution in [1.82, 2.24) is 15.2 Å². The zero-order valence-corrected chi connectivity index (χ0v) is 15.0. The fourth-order valence-corrected chi connectivity index (χ4v) is 4.05. The summed E-state index contributed by atoms with van der Waals surface area (Å²) in [6.07, 6.45) is 0. The van der Waals surface area contributed by atoms with E-state index in [4.69, 9.17) is 0 Å². The van der Waals surface area contributed by atoms with Crippen molar-refractivity contribution in [2.24, 2.45) is 0 Å². The Morgan fingerprint density at radius 3 is 2.65 bits per heavy atom. The lowest BCUT2D eigenvalue weighted by Gasteiger charge is -2.34. The molecule has 2 amide bonds. The third-order valence-corrected chi connectivity index (χ3v) is 5.54. The number of rotatable bonds is 3. The second-order valence-corrected chi connectivity index (χ2v) is 7.24. The van der Waals surface area contributed by atoms with Gasteiger partial charge in [0.05, 0.1) is 10.2 Å². The normalized spacial score (nSPS) is 14.7. The first-order chi connectivity index (χ1) is 12.7. The molecule has 1 N–H and O–H groups in total. The van der Waals surface area contributed by atoms with Gasteiger partial charge in [-0.25, -0.2) is 14.2 Å². The predicted molar refractivity (Wildman–Crippen MR) is 102 cm³/mol. The molecule has 0 atom stereocenters. The molecule has 0 radical (unpaired) electrons. The maximum Gasteiger partial charge on any atom is 0.317 e. The van der Waals surface area contributed by atoms with E-state index in [1.807, 2.05) is 35.2 Å². The first kappa shape index (κ1) is 16.8. The fourth-order valence-electron chi connectivity index (χ4n) is 3.01. The van der Waals surface area contributed by atoms with Gasteiger partial charge in [0.1, 0.15) is 5.82 Å². The number of benzene rings is 2. The second-order valence-electron chi connectivity index (χ2n) is 6.23. The van der Waals surface area contributed by atoms with Crippen LogP contribution in [0.4, 0.5) is 14.3 Å². The number of nitrogens with one attached hydrogen (secondary N) is 1. The van der Waals surface area contributed by atoms with Crippen molar-refractivity contribution in [3.05, 3.63) is 59.9 Å². The summed E-state index contributed by atoms with van der Waals surface area (Å²) in [5.41, 5.74) is 1.90. The standard InChI is InChI=1S/C19H19FN4OS/c20-15-6-7-16-17(12-15)26-19(22-16)24-10-8-23(9-11-24)18(25)21-13-14-4-2-1-3-5-14/h1-7,12H,8-11,13H2,(H,21,25). The minimum Gasteiger partial charge on any atom is -0.345 e. The maximum atomic E-state index is 13.3. The van der Waals surface area contributed by atoms with E-state index in [-0.39, 0.29) is 11.8 Å². The van der Waals surface area contributed by atoms with Gasteiger partial charge in [-0.1, -0.05) is 41.7 Å². The Kier molecular flexibility index (Phi) is 4.71. The molecule has 5 nitrogen and oxygen atoms in total. The predicted octanol–water partition coefficient (Wildman–Crippen LogP) is 3.47. The van der Waals surface area contributed by atoms with Crippen molar-refractivity contribution in [2.45, 2.75) is 6.54 Å². The number of hydrogen-bond donors (Lipinski definition) is 1. The van der Waals surface area contributed by atoms with Crippen LogP contribution < -0.4 is 10.2 Å². The van der Waals surface area contributed by atoms with Gasteiger partial charge in [0.25, 0.3) is 0 Å². The molecule has 2 heterocycles. The number of piperazine rings is 1. The van der Waals surface area contributed by atoms with E-state index in [1.54, 1.807) is 6.07 Å². The molecule has 0 unspecified atom stereocenters. The van der Waals surface area contributed by atoms with Crippen molar-refractivity contribution in [3.8, 4) is 0 Å². The molecule has 26 heavy (non-hydrogen) atoms. The molecular weight excluding hydrogens is 351 g/mol. The van der Waals surface area contributed by atoms with Crippen LogP contribution in [-0.4, -0.2) is 42.1 Å². The summed E-state index contributed by atoms with van der Waals surface area (Å²) in [7, 11) is 0. The van der Waals surface area contributed by atoms with Crippen LogP contribution in [-0.2, 0) is 6.54 Å². The first-order valence-corrected chi connectivity index (χ1v) is 9.38. The van der Waals surface area contributed by atoms with Crippen molar-refractivity contribution < 1.29 is 9.18 Å². The highest BCUT2D eigenvalue weighted by Gasteiger charge is 2.23. The van der Waals surface area contributed by atoms with Crippen LogP contribution in [0.15, 0.2) is 48.5 Å². The van der Waals surface area contributed by atoms with Crippen LogP contribution in [0.2, 0.25) is 0 Å². The topological polar surface area (TPSA) is 48.5 Å². The van der Waals surface area contributed by atoms with Crippen LogP contribution >= 0.6 is 11.3 Å². The molecule has 3 aromatic rings. The van der Waals surface area contributed by atoms with Gasteiger partial charge in [-0.2, -0.15) is 0 Å². The Balaban J connectivity index is 1.33. The summed E-state index contributed by atoms with van der Waals surface area (Å²) in [6, 6.07) is 14.5. The number of hydrogen-bond acceptors (Lipinski definition) is 4. The van der Waals surface area contributed by atoms with E-state index in [0.717, 1.165) is 34.0 Å². The third-order valence-electron chi connectivity index (χ3n) is 4.46. The third kappa shape index (κ3) is 3.62. The number of anilines is 1. The van der Waals surface area contributed by atoms with E-state index >= 15 is 0 Å².